The molecule has 3 rings (SSSR count). The van der Waals surface area contributed by atoms with E-state index in [4.69, 9.17) is 0 Å². The van der Waals surface area contributed by atoms with Crippen molar-refractivity contribution in [2.24, 2.45) is 5.92 Å². The van der Waals surface area contributed by atoms with E-state index in [0.29, 0.717) is 12.1 Å². The molecule has 0 bridgehead atoms. The van der Waals surface area contributed by atoms with Crippen LogP contribution >= 0.6 is 0 Å². The summed E-state index contributed by atoms with van der Waals surface area (Å²) in [5, 5.41) is 11.1. The van der Waals surface area contributed by atoms with Crippen LogP contribution < -0.4 is 0 Å². The zero-order valence-electron chi connectivity index (χ0n) is 18.8. The van der Waals surface area contributed by atoms with Crippen molar-refractivity contribution in [3.63, 3.8) is 0 Å². The molecule has 6 heteroatoms. The number of H-pyrrole nitrogens is 1. The predicted molar refractivity (Wildman–Crippen MR) is 120 cm³/mol. The Labute approximate surface area is 178 Å². The summed E-state index contributed by atoms with van der Waals surface area (Å²) < 4.78 is 0. The number of carbonyl (C=O) groups excluding carboxylic acids is 1. The Kier molecular flexibility index (Phi) is 6.09. The standard InChI is InChI=1S/C24H33N3O3/c1-15(2)22-24(3,4)20-16-10-7-8-11-18(16)25-21(20)17(23(29)30)14-27(22)19(28)12-9-13-26(5)6/h7-8,10-11,14-15,22,25H,9,12-13H2,1-6H3,(H,29,30). The average Bonchev–Trinajstić information content (AvgIpc) is 2.98. The first-order chi connectivity index (χ1) is 14.1. The minimum Gasteiger partial charge on any atom is -0.478 e. The van der Waals surface area contributed by atoms with E-state index in [1.54, 1.807) is 11.1 Å². The fourth-order valence-electron chi connectivity index (χ4n) is 5.01. The van der Waals surface area contributed by atoms with Gasteiger partial charge in [-0.2, -0.15) is 0 Å². The average molecular weight is 412 g/mol. The normalized spacial score (nSPS) is 18.5. The molecule has 2 heterocycles. The number of hydrogen-bond donors (Lipinski definition) is 2. The fourth-order valence-corrected chi connectivity index (χ4v) is 5.01. The summed E-state index contributed by atoms with van der Waals surface area (Å²) in [4.78, 5) is 32.7. The Balaban J connectivity index is 2.19. The molecule has 0 saturated heterocycles. The number of aromatic amines is 1. The third-order valence-electron chi connectivity index (χ3n) is 6.07. The van der Waals surface area contributed by atoms with Gasteiger partial charge >= 0.3 is 5.97 Å². The number of hydrogen-bond acceptors (Lipinski definition) is 3. The van der Waals surface area contributed by atoms with Gasteiger partial charge in [0.15, 0.2) is 0 Å². The summed E-state index contributed by atoms with van der Waals surface area (Å²) in [6.07, 6.45) is 2.68. The lowest BCUT2D eigenvalue weighted by Crippen LogP contribution is -2.50. The number of benzene rings is 1. The van der Waals surface area contributed by atoms with Crippen LogP contribution in [0.4, 0.5) is 0 Å². The summed E-state index contributed by atoms with van der Waals surface area (Å²) in [5.74, 6) is -0.922. The van der Waals surface area contributed by atoms with Crippen molar-refractivity contribution < 1.29 is 14.7 Å². The van der Waals surface area contributed by atoms with Crippen molar-refractivity contribution >= 4 is 28.4 Å². The van der Waals surface area contributed by atoms with Crippen LogP contribution in [-0.2, 0) is 15.0 Å². The highest BCUT2D eigenvalue weighted by Crippen LogP contribution is 2.45. The molecule has 2 aromatic rings. The van der Waals surface area contributed by atoms with E-state index in [1.807, 2.05) is 38.4 Å². The number of fused-ring (bicyclic) bond motifs is 3. The summed E-state index contributed by atoms with van der Waals surface area (Å²) in [5.41, 5.74) is 2.17. The fraction of sp³-hybridized carbons (Fsp3) is 0.500. The number of amides is 1. The van der Waals surface area contributed by atoms with Crippen LogP contribution in [0, 0.1) is 5.92 Å². The first kappa shape index (κ1) is 22.1. The lowest BCUT2D eigenvalue weighted by molar-refractivity contribution is -0.132. The topological polar surface area (TPSA) is 76.6 Å². The number of aromatic nitrogens is 1. The zero-order valence-corrected chi connectivity index (χ0v) is 18.8. The maximum Gasteiger partial charge on any atom is 0.339 e. The van der Waals surface area contributed by atoms with Crippen LogP contribution in [-0.4, -0.2) is 58.4 Å². The van der Waals surface area contributed by atoms with Crippen LogP contribution in [0.2, 0.25) is 0 Å². The molecule has 30 heavy (non-hydrogen) atoms. The van der Waals surface area contributed by atoms with Gasteiger partial charge in [-0.1, -0.05) is 45.9 Å². The highest BCUT2D eigenvalue weighted by molar-refractivity contribution is 6.17. The SMILES string of the molecule is CC(C)C1N(C(=O)CCCN(C)C)C=C(C(=O)O)c2[nH]c3ccccc3c2C1(C)C. The molecular formula is C24H33N3O3. The molecule has 0 radical (unpaired) electrons. The van der Waals surface area contributed by atoms with Crippen LogP contribution in [0.3, 0.4) is 0 Å². The highest BCUT2D eigenvalue weighted by Gasteiger charge is 2.45. The van der Waals surface area contributed by atoms with Gasteiger partial charge in [0, 0.05) is 35.0 Å². The van der Waals surface area contributed by atoms with Gasteiger partial charge in [-0.05, 0) is 44.6 Å². The number of nitrogens with one attached hydrogen (secondary N) is 1. The molecule has 6 nitrogen and oxygen atoms in total. The van der Waals surface area contributed by atoms with Gasteiger partial charge in [-0.15, -0.1) is 0 Å². The Hall–Kier alpha value is -2.60. The van der Waals surface area contributed by atoms with E-state index >= 15 is 0 Å². The van der Waals surface area contributed by atoms with E-state index in [2.05, 4.69) is 37.6 Å². The largest absolute Gasteiger partial charge is 0.478 e. The second kappa shape index (κ2) is 8.26. The summed E-state index contributed by atoms with van der Waals surface area (Å²) in [7, 11) is 3.97. The number of aliphatic carboxylic acids is 1. The first-order valence-corrected chi connectivity index (χ1v) is 10.6. The minimum atomic E-state index is -1.03. The molecule has 0 saturated carbocycles. The van der Waals surface area contributed by atoms with Crippen molar-refractivity contribution in [3.8, 4) is 0 Å². The predicted octanol–water partition coefficient (Wildman–Crippen LogP) is 4.08. The molecule has 1 amide bonds. The van der Waals surface area contributed by atoms with E-state index in [0.717, 1.165) is 29.4 Å². The van der Waals surface area contributed by atoms with Crippen LogP contribution in [0.25, 0.3) is 16.5 Å². The maximum absolute atomic E-state index is 13.3. The van der Waals surface area contributed by atoms with Crippen molar-refractivity contribution in [1.29, 1.82) is 0 Å². The van der Waals surface area contributed by atoms with Crippen molar-refractivity contribution in [1.82, 2.24) is 14.8 Å². The quantitative estimate of drug-likeness (QED) is 0.751. The second-order valence-corrected chi connectivity index (χ2v) is 9.39. The molecule has 1 aromatic carbocycles. The monoisotopic (exact) mass is 411 g/mol. The van der Waals surface area contributed by atoms with E-state index in [-0.39, 0.29) is 23.4 Å². The molecule has 1 unspecified atom stereocenters. The van der Waals surface area contributed by atoms with Gasteiger partial charge in [0.1, 0.15) is 0 Å². The Morgan fingerprint density at radius 2 is 1.90 bits per heavy atom. The van der Waals surface area contributed by atoms with Crippen molar-refractivity contribution in [3.05, 3.63) is 41.7 Å². The number of nitrogens with zero attached hydrogens (tertiary/aromatic N) is 2. The van der Waals surface area contributed by atoms with Gasteiger partial charge in [0.25, 0.3) is 0 Å². The van der Waals surface area contributed by atoms with Gasteiger partial charge in [-0.25, -0.2) is 4.79 Å². The van der Waals surface area contributed by atoms with Crippen LogP contribution in [0.1, 0.15) is 51.8 Å². The molecule has 1 atom stereocenters. The number of carboxylic acids is 1. The maximum atomic E-state index is 13.3. The molecule has 0 fully saturated rings. The Morgan fingerprint density at radius 3 is 2.50 bits per heavy atom. The van der Waals surface area contributed by atoms with Gasteiger partial charge in [0.2, 0.25) is 5.91 Å². The third-order valence-corrected chi connectivity index (χ3v) is 6.07. The number of carboxylic acid groups (broad SMARTS) is 1. The van der Waals surface area contributed by atoms with Crippen LogP contribution in [0.15, 0.2) is 30.5 Å². The summed E-state index contributed by atoms with van der Waals surface area (Å²) in [6, 6.07) is 7.73. The molecule has 0 spiro atoms. The molecule has 0 aliphatic carbocycles. The smallest absolute Gasteiger partial charge is 0.339 e. The van der Waals surface area contributed by atoms with E-state index < -0.39 is 11.4 Å². The highest BCUT2D eigenvalue weighted by atomic mass is 16.4. The first-order valence-electron chi connectivity index (χ1n) is 10.6. The van der Waals surface area contributed by atoms with Crippen molar-refractivity contribution in [2.75, 3.05) is 20.6 Å². The third kappa shape index (κ3) is 3.88. The van der Waals surface area contributed by atoms with Crippen LogP contribution in [0.5, 0.6) is 0 Å². The number of rotatable bonds is 6. The minimum absolute atomic E-state index is 0.0307. The van der Waals surface area contributed by atoms with Gasteiger partial charge in [-0.3, -0.25) is 4.79 Å². The summed E-state index contributed by atoms with van der Waals surface area (Å²) >= 11 is 0. The second-order valence-electron chi connectivity index (χ2n) is 9.39. The molecule has 162 valence electrons. The van der Waals surface area contributed by atoms with Gasteiger partial charge in [0.05, 0.1) is 11.3 Å². The zero-order chi connectivity index (χ0) is 22.2. The molecule has 2 N–H and O–H groups in total. The Morgan fingerprint density at radius 1 is 1.23 bits per heavy atom. The number of carbonyl (C=O) groups is 2. The molecule has 1 aliphatic rings. The van der Waals surface area contributed by atoms with Gasteiger partial charge < -0.3 is 19.9 Å². The molecule has 1 aliphatic heterocycles. The lowest BCUT2D eigenvalue weighted by atomic mass is 9.71. The molecule has 1 aromatic heterocycles. The molecular weight excluding hydrogens is 378 g/mol. The lowest BCUT2D eigenvalue weighted by Gasteiger charge is -2.42. The summed E-state index contributed by atoms with van der Waals surface area (Å²) in [6.45, 7) is 9.25. The van der Waals surface area contributed by atoms with E-state index in [1.165, 1.54) is 0 Å². The Bertz CT molecular complexity index is 985. The van der Waals surface area contributed by atoms with E-state index in [9.17, 15) is 14.7 Å². The van der Waals surface area contributed by atoms with Crippen molar-refractivity contribution in [2.45, 2.75) is 52.0 Å². The number of para-hydroxylation sites is 1.